The first-order chi connectivity index (χ1) is 16.1. The highest BCUT2D eigenvalue weighted by Gasteiger charge is 2.24. The molecule has 0 bridgehead atoms. The first-order valence-corrected chi connectivity index (χ1v) is 11.8. The SMILES string of the molecule is Fc1ccc(Nc2ncnc3cnc(NC4CCC(CN5CCOCC5)CC4)nc23)cc1Cl. The van der Waals surface area contributed by atoms with Gasteiger partial charge in [-0.25, -0.2) is 24.3 Å². The molecule has 2 N–H and O–H groups in total. The zero-order valence-corrected chi connectivity index (χ0v) is 19.1. The predicted molar refractivity (Wildman–Crippen MR) is 126 cm³/mol. The Morgan fingerprint density at radius 2 is 1.91 bits per heavy atom. The third-order valence-electron chi connectivity index (χ3n) is 6.36. The average Bonchev–Trinajstić information content (AvgIpc) is 2.84. The number of nitrogens with one attached hydrogen (secondary N) is 2. The molecular weight excluding hydrogens is 445 g/mol. The summed E-state index contributed by atoms with van der Waals surface area (Å²) < 4.78 is 18.9. The van der Waals surface area contributed by atoms with Crippen LogP contribution in [0.25, 0.3) is 11.0 Å². The fourth-order valence-electron chi connectivity index (χ4n) is 4.55. The van der Waals surface area contributed by atoms with Crippen LogP contribution >= 0.6 is 11.6 Å². The minimum Gasteiger partial charge on any atom is -0.379 e. The number of hydrogen-bond donors (Lipinski definition) is 2. The molecule has 3 heterocycles. The van der Waals surface area contributed by atoms with Gasteiger partial charge in [-0.05, 0) is 49.8 Å². The van der Waals surface area contributed by atoms with E-state index in [1.165, 1.54) is 37.8 Å². The van der Waals surface area contributed by atoms with E-state index in [0.717, 1.165) is 45.1 Å². The number of aromatic nitrogens is 4. The van der Waals surface area contributed by atoms with Gasteiger partial charge < -0.3 is 15.4 Å². The van der Waals surface area contributed by atoms with E-state index >= 15 is 0 Å². The quantitative estimate of drug-likeness (QED) is 0.551. The Bertz CT molecular complexity index is 1100. The molecule has 10 heteroatoms. The number of morpholine rings is 1. The predicted octanol–water partition coefficient (Wildman–Crippen LogP) is 4.26. The summed E-state index contributed by atoms with van der Waals surface area (Å²) in [5.41, 5.74) is 1.84. The first kappa shape index (κ1) is 22.2. The van der Waals surface area contributed by atoms with E-state index in [9.17, 15) is 4.39 Å². The summed E-state index contributed by atoms with van der Waals surface area (Å²) in [6, 6.07) is 4.77. The second-order valence-electron chi connectivity index (χ2n) is 8.68. The van der Waals surface area contributed by atoms with Crippen molar-refractivity contribution in [3.63, 3.8) is 0 Å². The van der Waals surface area contributed by atoms with Crippen molar-refractivity contribution in [2.45, 2.75) is 31.7 Å². The van der Waals surface area contributed by atoms with Gasteiger partial charge in [-0.2, -0.15) is 0 Å². The minimum absolute atomic E-state index is 0.0413. The van der Waals surface area contributed by atoms with Crippen LogP contribution in [0.4, 0.5) is 21.8 Å². The van der Waals surface area contributed by atoms with Gasteiger partial charge in [0.15, 0.2) is 5.82 Å². The molecule has 2 aliphatic rings. The molecule has 8 nitrogen and oxygen atoms in total. The number of anilines is 3. The Balaban J connectivity index is 1.24. The van der Waals surface area contributed by atoms with Gasteiger partial charge in [0.1, 0.15) is 23.2 Å². The average molecular weight is 472 g/mol. The van der Waals surface area contributed by atoms with Crippen LogP contribution in [0, 0.1) is 11.7 Å². The molecular formula is C23H27ClFN7O. The van der Waals surface area contributed by atoms with Crippen molar-refractivity contribution in [2.75, 3.05) is 43.5 Å². The standard InChI is InChI=1S/C23H27ClFN7O/c24-18-11-17(5-6-19(18)25)29-22-21-20(27-14-28-22)12-26-23(31-21)30-16-3-1-15(2-4-16)13-32-7-9-33-10-8-32/h5-6,11-12,14-16H,1-4,7-10,13H2,(H,26,30,31)(H,27,28,29). The summed E-state index contributed by atoms with van der Waals surface area (Å²) in [7, 11) is 0. The van der Waals surface area contributed by atoms with E-state index in [1.54, 1.807) is 12.3 Å². The van der Waals surface area contributed by atoms with Gasteiger partial charge in [-0.1, -0.05) is 11.6 Å². The summed E-state index contributed by atoms with van der Waals surface area (Å²) in [5.74, 6) is 1.35. The third-order valence-corrected chi connectivity index (χ3v) is 6.65. The van der Waals surface area contributed by atoms with Crippen LogP contribution in [-0.2, 0) is 4.74 Å². The van der Waals surface area contributed by atoms with E-state index < -0.39 is 5.82 Å². The number of rotatable bonds is 6. The van der Waals surface area contributed by atoms with Gasteiger partial charge in [0.25, 0.3) is 0 Å². The molecule has 0 spiro atoms. The summed E-state index contributed by atoms with van der Waals surface area (Å²) in [5, 5.41) is 6.69. The molecule has 0 atom stereocenters. The van der Waals surface area contributed by atoms with Crippen LogP contribution in [0.2, 0.25) is 5.02 Å². The Kier molecular flexibility index (Phi) is 6.80. The topological polar surface area (TPSA) is 88.1 Å². The second-order valence-corrected chi connectivity index (χ2v) is 9.09. The Labute approximate surface area is 196 Å². The van der Waals surface area contributed by atoms with Gasteiger partial charge in [0.05, 0.1) is 24.4 Å². The smallest absolute Gasteiger partial charge is 0.223 e. The van der Waals surface area contributed by atoms with E-state index in [0.29, 0.717) is 34.5 Å². The number of nitrogens with zero attached hydrogens (tertiary/aromatic N) is 5. The molecule has 3 aromatic rings. The number of ether oxygens (including phenoxy) is 1. The lowest BCUT2D eigenvalue weighted by Gasteiger charge is -2.34. The van der Waals surface area contributed by atoms with Crippen molar-refractivity contribution < 1.29 is 9.13 Å². The molecule has 33 heavy (non-hydrogen) atoms. The Hall–Kier alpha value is -2.62. The second kappa shape index (κ2) is 10.1. The number of fused-ring (bicyclic) bond motifs is 1. The molecule has 1 saturated carbocycles. The molecule has 5 rings (SSSR count). The van der Waals surface area contributed by atoms with Crippen LogP contribution in [0.5, 0.6) is 0 Å². The number of benzene rings is 1. The summed E-state index contributed by atoms with van der Waals surface area (Å²) >= 11 is 5.91. The molecule has 174 valence electrons. The van der Waals surface area contributed by atoms with Crippen molar-refractivity contribution in [2.24, 2.45) is 5.92 Å². The normalized spacial score (nSPS) is 21.8. The van der Waals surface area contributed by atoms with Crippen LogP contribution in [-0.4, -0.2) is 63.7 Å². The lowest BCUT2D eigenvalue weighted by molar-refractivity contribution is 0.0276. The molecule has 0 unspecified atom stereocenters. The van der Waals surface area contributed by atoms with E-state index in [-0.39, 0.29) is 5.02 Å². The highest BCUT2D eigenvalue weighted by Crippen LogP contribution is 2.28. The molecule has 1 aromatic carbocycles. The largest absolute Gasteiger partial charge is 0.379 e. The lowest BCUT2D eigenvalue weighted by atomic mass is 9.85. The van der Waals surface area contributed by atoms with Gasteiger partial charge >= 0.3 is 0 Å². The number of halogens is 2. The third kappa shape index (κ3) is 5.48. The first-order valence-electron chi connectivity index (χ1n) is 11.4. The van der Waals surface area contributed by atoms with Crippen LogP contribution in [0.3, 0.4) is 0 Å². The zero-order valence-electron chi connectivity index (χ0n) is 18.3. The fourth-order valence-corrected chi connectivity index (χ4v) is 4.73. The lowest BCUT2D eigenvalue weighted by Crippen LogP contribution is -2.40. The zero-order chi connectivity index (χ0) is 22.6. The van der Waals surface area contributed by atoms with Crippen molar-refractivity contribution >= 4 is 40.1 Å². The van der Waals surface area contributed by atoms with E-state index in [2.05, 4.69) is 35.5 Å². The molecule has 1 aliphatic heterocycles. The highest BCUT2D eigenvalue weighted by molar-refractivity contribution is 6.31. The maximum atomic E-state index is 13.5. The fraction of sp³-hybridized carbons (Fsp3) is 0.478. The maximum absolute atomic E-state index is 13.5. The molecule has 2 fully saturated rings. The van der Waals surface area contributed by atoms with Crippen molar-refractivity contribution in [1.82, 2.24) is 24.8 Å². The van der Waals surface area contributed by atoms with Crippen LogP contribution < -0.4 is 10.6 Å². The van der Waals surface area contributed by atoms with E-state index in [4.69, 9.17) is 16.3 Å². The van der Waals surface area contributed by atoms with Crippen molar-refractivity contribution in [3.05, 3.63) is 41.6 Å². The summed E-state index contributed by atoms with van der Waals surface area (Å²) in [6.45, 7) is 4.97. The van der Waals surface area contributed by atoms with Crippen molar-refractivity contribution in [3.8, 4) is 0 Å². The molecule has 1 saturated heterocycles. The van der Waals surface area contributed by atoms with Crippen LogP contribution in [0.1, 0.15) is 25.7 Å². The highest BCUT2D eigenvalue weighted by atomic mass is 35.5. The summed E-state index contributed by atoms with van der Waals surface area (Å²) in [6.07, 6.45) is 7.73. The van der Waals surface area contributed by atoms with Crippen molar-refractivity contribution in [1.29, 1.82) is 0 Å². The van der Waals surface area contributed by atoms with E-state index in [1.807, 2.05) is 0 Å². The van der Waals surface area contributed by atoms with Gasteiger partial charge in [0.2, 0.25) is 5.95 Å². The molecule has 0 radical (unpaired) electrons. The van der Waals surface area contributed by atoms with Gasteiger partial charge in [-0.3, -0.25) is 4.90 Å². The monoisotopic (exact) mass is 471 g/mol. The molecule has 2 aromatic heterocycles. The van der Waals surface area contributed by atoms with Gasteiger partial charge in [0, 0.05) is 31.4 Å². The number of hydrogen-bond acceptors (Lipinski definition) is 8. The summed E-state index contributed by atoms with van der Waals surface area (Å²) in [4.78, 5) is 20.2. The molecule has 1 aliphatic carbocycles. The Morgan fingerprint density at radius 3 is 2.70 bits per heavy atom. The Morgan fingerprint density at radius 1 is 1.09 bits per heavy atom. The molecule has 0 amide bonds. The van der Waals surface area contributed by atoms with Gasteiger partial charge in [-0.15, -0.1) is 0 Å². The minimum atomic E-state index is -0.469. The van der Waals surface area contributed by atoms with Crippen LogP contribution in [0.15, 0.2) is 30.7 Å². The maximum Gasteiger partial charge on any atom is 0.223 e.